The molecule has 0 fully saturated rings. The SMILES string of the molecule is CC(=N)/C(BOC(C)(C)C(C)(C)O)=C\N. The molecule has 0 spiro atoms. The van der Waals surface area contributed by atoms with Crippen LogP contribution >= 0.6 is 0 Å². The summed E-state index contributed by atoms with van der Waals surface area (Å²) in [7, 11) is 0.239. The molecule has 0 aliphatic heterocycles. The lowest BCUT2D eigenvalue weighted by atomic mass is 9.81. The molecule has 0 radical (unpaired) electrons. The van der Waals surface area contributed by atoms with Crippen LogP contribution in [0.15, 0.2) is 11.7 Å². The van der Waals surface area contributed by atoms with Gasteiger partial charge in [0.1, 0.15) is 0 Å². The average molecular weight is 212 g/mol. The maximum absolute atomic E-state index is 9.84. The van der Waals surface area contributed by atoms with Gasteiger partial charge in [-0.15, -0.1) is 0 Å². The summed E-state index contributed by atoms with van der Waals surface area (Å²) in [6.07, 6.45) is 1.36. The Bertz CT molecular complexity index is 267. The molecule has 4 nitrogen and oxygen atoms in total. The van der Waals surface area contributed by atoms with Gasteiger partial charge in [0.05, 0.1) is 11.2 Å². The van der Waals surface area contributed by atoms with Gasteiger partial charge in [-0.25, -0.2) is 0 Å². The first kappa shape index (κ1) is 14.2. The minimum Gasteiger partial charge on any atom is -0.427 e. The van der Waals surface area contributed by atoms with Crippen molar-refractivity contribution in [3.63, 3.8) is 0 Å². The highest BCUT2D eigenvalue weighted by atomic mass is 16.5. The second-order valence-electron chi connectivity index (χ2n) is 4.67. The number of allylic oxidation sites excluding steroid dienone is 1. The van der Waals surface area contributed by atoms with Gasteiger partial charge >= 0.3 is 7.48 Å². The van der Waals surface area contributed by atoms with Crippen LogP contribution in [0.5, 0.6) is 0 Å². The fourth-order valence-electron chi connectivity index (χ4n) is 0.716. The maximum Gasteiger partial charge on any atom is 0.312 e. The zero-order valence-electron chi connectivity index (χ0n) is 10.2. The molecule has 0 aromatic heterocycles. The van der Waals surface area contributed by atoms with Crippen LogP contribution in [-0.4, -0.2) is 29.5 Å². The van der Waals surface area contributed by atoms with E-state index in [1.54, 1.807) is 34.6 Å². The Morgan fingerprint density at radius 2 is 1.87 bits per heavy atom. The lowest BCUT2D eigenvalue weighted by Gasteiger charge is -2.37. The van der Waals surface area contributed by atoms with E-state index in [1.807, 2.05) is 0 Å². The standard InChI is InChI=1S/C10H21BN2O2/c1-7(13)8(6-12)11-15-10(4,5)9(2,3)14/h6,11,13-14H,12H2,1-5H3/b8-6+,13-7?. The third-order valence-electron chi connectivity index (χ3n) is 2.74. The monoisotopic (exact) mass is 212 g/mol. The minimum atomic E-state index is -0.942. The number of aliphatic hydroxyl groups is 1. The van der Waals surface area contributed by atoms with E-state index in [9.17, 15) is 5.11 Å². The number of hydrogen-bond acceptors (Lipinski definition) is 4. The normalized spacial score (nSPS) is 13.9. The predicted molar refractivity (Wildman–Crippen MR) is 64.3 cm³/mol. The Morgan fingerprint density at radius 3 is 2.13 bits per heavy atom. The lowest BCUT2D eigenvalue weighted by Crippen LogP contribution is -2.48. The molecule has 0 unspecified atom stereocenters. The van der Waals surface area contributed by atoms with E-state index in [-0.39, 0.29) is 7.48 Å². The molecule has 0 heterocycles. The second-order valence-corrected chi connectivity index (χ2v) is 4.67. The van der Waals surface area contributed by atoms with Crippen molar-refractivity contribution < 1.29 is 9.76 Å². The summed E-state index contributed by atoms with van der Waals surface area (Å²) in [6.45, 7) is 8.65. The molecule has 0 amide bonds. The zero-order valence-corrected chi connectivity index (χ0v) is 10.2. The van der Waals surface area contributed by atoms with E-state index in [1.165, 1.54) is 6.20 Å². The Kier molecular flexibility index (Phi) is 4.55. The van der Waals surface area contributed by atoms with E-state index in [4.69, 9.17) is 15.8 Å². The maximum atomic E-state index is 9.84. The van der Waals surface area contributed by atoms with Gasteiger partial charge in [0, 0.05) is 5.71 Å². The topological polar surface area (TPSA) is 79.3 Å². The van der Waals surface area contributed by atoms with Crippen LogP contribution in [-0.2, 0) is 4.65 Å². The van der Waals surface area contributed by atoms with Crippen LogP contribution in [0, 0.1) is 5.41 Å². The highest BCUT2D eigenvalue weighted by molar-refractivity contribution is 6.48. The first-order valence-electron chi connectivity index (χ1n) is 4.94. The van der Waals surface area contributed by atoms with Gasteiger partial charge in [0.25, 0.3) is 0 Å². The molecule has 0 aliphatic rings. The van der Waals surface area contributed by atoms with Crippen LogP contribution in [0.4, 0.5) is 0 Å². The molecular formula is C10H21BN2O2. The predicted octanol–water partition coefficient (Wildman–Crippen LogP) is 0.744. The van der Waals surface area contributed by atoms with E-state index in [0.717, 1.165) is 0 Å². The van der Waals surface area contributed by atoms with E-state index < -0.39 is 11.2 Å². The van der Waals surface area contributed by atoms with Crippen molar-refractivity contribution >= 4 is 13.2 Å². The van der Waals surface area contributed by atoms with E-state index >= 15 is 0 Å². The molecule has 15 heavy (non-hydrogen) atoms. The third-order valence-corrected chi connectivity index (χ3v) is 2.74. The van der Waals surface area contributed by atoms with Gasteiger partial charge in [0.2, 0.25) is 0 Å². The van der Waals surface area contributed by atoms with Crippen LogP contribution in [0.2, 0.25) is 0 Å². The molecule has 0 saturated carbocycles. The third kappa shape index (κ3) is 4.05. The van der Waals surface area contributed by atoms with Crippen LogP contribution in [0.1, 0.15) is 34.6 Å². The molecule has 0 aliphatic carbocycles. The summed E-state index contributed by atoms with van der Waals surface area (Å²) in [6, 6.07) is 0. The zero-order chi connectivity index (χ0) is 12.3. The first-order chi connectivity index (χ1) is 6.62. The van der Waals surface area contributed by atoms with Gasteiger partial charge < -0.3 is 20.9 Å². The first-order valence-corrected chi connectivity index (χ1v) is 4.94. The Labute approximate surface area is 92.3 Å². The number of nitrogens with one attached hydrogen (secondary N) is 1. The molecule has 86 valence electrons. The van der Waals surface area contributed by atoms with Gasteiger partial charge in [0.15, 0.2) is 0 Å². The van der Waals surface area contributed by atoms with Crippen LogP contribution < -0.4 is 5.73 Å². The van der Waals surface area contributed by atoms with Gasteiger partial charge in [-0.1, -0.05) is 0 Å². The van der Waals surface area contributed by atoms with Crippen molar-refractivity contribution in [2.24, 2.45) is 5.73 Å². The highest BCUT2D eigenvalue weighted by Crippen LogP contribution is 2.24. The number of nitrogens with two attached hydrogens (primary N) is 1. The van der Waals surface area contributed by atoms with Gasteiger partial charge in [-0.2, -0.15) is 0 Å². The van der Waals surface area contributed by atoms with Gasteiger partial charge in [-0.3, -0.25) is 0 Å². The van der Waals surface area contributed by atoms with E-state index in [2.05, 4.69) is 0 Å². The number of hydrogen-bond donors (Lipinski definition) is 3. The summed E-state index contributed by atoms with van der Waals surface area (Å²) in [5, 5.41) is 17.3. The molecule has 0 aromatic carbocycles. The summed E-state index contributed by atoms with van der Waals surface area (Å²) in [5.74, 6) is 0. The Balaban J connectivity index is 4.46. The molecule has 0 aromatic rings. The van der Waals surface area contributed by atoms with Crippen molar-refractivity contribution in [2.75, 3.05) is 0 Å². The minimum absolute atomic E-state index is 0.239. The molecular weight excluding hydrogens is 191 g/mol. The second kappa shape index (κ2) is 4.81. The van der Waals surface area contributed by atoms with Crippen molar-refractivity contribution in [2.45, 2.75) is 45.8 Å². The lowest BCUT2D eigenvalue weighted by molar-refractivity contribution is -0.0895. The van der Waals surface area contributed by atoms with Crippen molar-refractivity contribution in [1.29, 1.82) is 5.41 Å². The highest BCUT2D eigenvalue weighted by Gasteiger charge is 2.35. The fourth-order valence-corrected chi connectivity index (χ4v) is 0.716. The summed E-state index contributed by atoms with van der Waals surface area (Å²) >= 11 is 0. The average Bonchev–Trinajstić information content (AvgIpc) is 2.02. The molecule has 0 bridgehead atoms. The van der Waals surface area contributed by atoms with Crippen molar-refractivity contribution in [3.8, 4) is 0 Å². The smallest absolute Gasteiger partial charge is 0.312 e. The molecule has 0 atom stereocenters. The van der Waals surface area contributed by atoms with Crippen molar-refractivity contribution in [3.05, 3.63) is 11.7 Å². The molecule has 0 saturated heterocycles. The van der Waals surface area contributed by atoms with E-state index in [0.29, 0.717) is 11.2 Å². The molecule has 4 N–H and O–H groups in total. The quantitative estimate of drug-likeness (QED) is 0.464. The van der Waals surface area contributed by atoms with Crippen molar-refractivity contribution in [1.82, 2.24) is 0 Å². The van der Waals surface area contributed by atoms with Crippen LogP contribution in [0.25, 0.3) is 0 Å². The molecule has 0 rings (SSSR count). The number of rotatable bonds is 5. The molecule has 5 heteroatoms. The Hall–Kier alpha value is -0.805. The largest absolute Gasteiger partial charge is 0.427 e. The van der Waals surface area contributed by atoms with Crippen LogP contribution in [0.3, 0.4) is 0 Å². The summed E-state index contributed by atoms with van der Waals surface area (Å²) < 4.78 is 5.57. The summed E-state index contributed by atoms with van der Waals surface area (Å²) in [5.41, 5.74) is 4.75. The summed E-state index contributed by atoms with van der Waals surface area (Å²) in [4.78, 5) is 0. The fraction of sp³-hybridized carbons (Fsp3) is 0.700. The Morgan fingerprint density at radius 1 is 1.40 bits per heavy atom. The van der Waals surface area contributed by atoms with Gasteiger partial charge in [-0.05, 0) is 46.3 Å².